The van der Waals surface area contributed by atoms with Gasteiger partial charge in [-0.25, -0.2) is 4.98 Å². The molecule has 0 aliphatic carbocycles. The number of aryl methyl sites for hydroxylation is 2. The molecule has 122 valence electrons. The van der Waals surface area contributed by atoms with E-state index in [4.69, 9.17) is 4.74 Å². The number of carbonyl (C=O) groups is 1. The molecule has 2 aromatic rings. The number of aromatic nitrogens is 2. The van der Waals surface area contributed by atoms with Crippen molar-refractivity contribution in [2.75, 3.05) is 13.1 Å². The summed E-state index contributed by atoms with van der Waals surface area (Å²) in [6.07, 6.45) is 2.39. The molecule has 1 aliphatic rings. The molecule has 1 saturated heterocycles. The van der Waals surface area contributed by atoms with E-state index in [0.29, 0.717) is 24.7 Å². The molecule has 2 aromatic heterocycles. The van der Waals surface area contributed by atoms with E-state index < -0.39 is 0 Å². The Hall–Kier alpha value is -1.95. The predicted molar refractivity (Wildman–Crippen MR) is 89.8 cm³/mol. The summed E-state index contributed by atoms with van der Waals surface area (Å²) in [5.74, 6) is 1.49. The Kier molecular flexibility index (Phi) is 4.91. The second-order valence-corrected chi connectivity index (χ2v) is 6.71. The van der Waals surface area contributed by atoms with Crippen molar-refractivity contribution < 1.29 is 9.53 Å². The smallest absolute Gasteiger partial charge is 0.227 e. The Morgan fingerprint density at radius 2 is 2.30 bits per heavy atom. The van der Waals surface area contributed by atoms with Crippen molar-refractivity contribution in [3.05, 3.63) is 40.0 Å². The molecule has 0 bridgehead atoms. The van der Waals surface area contributed by atoms with Gasteiger partial charge in [0.05, 0.1) is 13.0 Å². The van der Waals surface area contributed by atoms with Crippen LogP contribution >= 0.6 is 11.3 Å². The number of thiophene rings is 1. The summed E-state index contributed by atoms with van der Waals surface area (Å²) in [5.41, 5.74) is 1.98. The van der Waals surface area contributed by atoms with E-state index in [2.05, 4.69) is 9.97 Å². The van der Waals surface area contributed by atoms with Gasteiger partial charge in [0.15, 0.2) is 0 Å². The highest BCUT2D eigenvalue weighted by Gasteiger charge is 2.25. The van der Waals surface area contributed by atoms with E-state index in [9.17, 15) is 4.79 Å². The lowest BCUT2D eigenvalue weighted by Crippen LogP contribution is -2.45. The third-order valence-electron chi connectivity index (χ3n) is 3.90. The van der Waals surface area contributed by atoms with Gasteiger partial charge >= 0.3 is 0 Å². The Labute approximate surface area is 140 Å². The fraction of sp³-hybridized carbons (Fsp3) is 0.471. The molecule has 23 heavy (non-hydrogen) atoms. The zero-order chi connectivity index (χ0) is 16.2. The first kappa shape index (κ1) is 15.9. The zero-order valence-electron chi connectivity index (χ0n) is 13.5. The van der Waals surface area contributed by atoms with Gasteiger partial charge in [0.1, 0.15) is 11.9 Å². The summed E-state index contributed by atoms with van der Waals surface area (Å²) in [6.45, 7) is 5.23. The van der Waals surface area contributed by atoms with Crippen LogP contribution in [0.5, 0.6) is 5.88 Å². The van der Waals surface area contributed by atoms with Gasteiger partial charge in [0, 0.05) is 18.3 Å². The summed E-state index contributed by atoms with van der Waals surface area (Å²) >= 11 is 1.62. The third-order valence-corrected chi connectivity index (χ3v) is 4.63. The number of hydrogen-bond donors (Lipinski definition) is 0. The number of rotatable bonds is 4. The molecule has 0 saturated carbocycles. The molecule has 5 nitrogen and oxygen atoms in total. The SMILES string of the molecule is Cc1cc(OC2CCCN(C(=O)Cc3ccsc3)C2)nc(C)n1. The van der Waals surface area contributed by atoms with Crippen molar-refractivity contribution in [2.45, 2.75) is 39.2 Å². The molecular formula is C17H21N3O2S. The molecule has 1 unspecified atom stereocenters. The van der Waals surface area contributed by atoms with Gasteiger partial charge in [0.25, 0.3) is 0 Å². The monoisotopic (exact) mass is 331 g/mol. The molecule has 0 radical (unpaired) electrons. The molecule has 6 heteroatoms. The maximum Gasteiger partial charge on any atom is 0.227 e. The fourth-order valence-corrected chi connectivity index (χ4v) is 3.52. The Balaban J connectivity index is 1.60. The second-order valence-electron chi connectivity index (χ2n) is 5.92. The van der Waals surface area contributed by atoms with Crippen molar-refractivity contribution in [1.29, 1.82) is 0 Å². The van der Waals surface area contributed by atoms with Crippen molar-refractivity contribution in [3.63, 3.8) is 0 Å². The molecule has 1 aliphatic heterocycles. The molecule has 1 fully saturated rings. The summed E-state index contributed by atoms with van der Waals surface area (Å²) < 4.78 is 5.99. The van der Waals surface area contributed by atoms with E-state index in [1.165, 1.54) is 0 Å². The number of carbonyl (C=O) groups excluding carboxylic acids is 1. The lowest BCUT2D eigenvalue weighted by molar-refractivity contribution is -0.133. The van der Waals surface area contributed by atoms with Crippen LogP contribution in [0.15, 0.2) is 22.9 Å². The van der Waals surface area contributed by atoms with Crippen LogP contribution in [-0.4, -0.2) is 40.0 Å². The minimum atomic E-state index is 0.00359. The summed E-state index contributed by atoms with van der Waals surface area (Å²) in [4.78, 5) is 22.9. The third kappa shape index (κ3) is 4.28. The minimum Gasteiger partial charge on any atom is -0.472 e. The predicted octanol–water partition coefficient (Wildman–Crippen LogP) is 2.77. The average Bonchev–Trinajstić information content (AvgIpc) is 2.99. The molecule has 0 N–H and O–H groups in total. The van der Waals surface area contributed by atoms with Crippen molar-refractivity contribution in [3.8, 4) is 5.88 Å². The minimum absolute atomic E-state index is 0.00359. The van der Waals surface area contributed by atoms with Crippen LogP contribution in [0.3, 0.4) is 0 Å². The molecular weight excluding hydrogens is 310 g/mol. The van der Waals surface area contributed by atoms with E-state index in [-0.39, 0.29) is 12.0 Å². The Bertz CT molecular complexity index is 652. The van der Waals surface area contributed by atoms with Crippen LogP contribution in [0, 0.1) is 13.8 Å². The highest BCUT2D eigenvalue weighted by Crippen LogP contribution is 2.19. The highest BCUT2D eigenvalue weighted by molar-refractivity contribution is 7.07. The second kappa shape index (κ2) is 7.08. The normalized spacial score (nSPS) is 18.0. The topological polar surface area (TPSA) is 55.3 Å². The Morgan fingerprint density at radius 3 is 3.04 bits per heavy atom. The van der Waals surface area contributed by atoms with Crippen LogP contribution in [-0.2, 0) is 11.2 Å². The lowest BCUT2D eigenvalue weighted by atomic mass is 10.1. The van der Waals surface area contributed by atoms with E-state index in [0.717, 1.165) is 30.6 Å². The average molecular weight is 331 g/mol. The molecule has 1 amide bonds. The number of nitrogens with zero attached hydrogens (tertiary/aromatic N) is 3. The molecule has 0 spiro atoms. The number of likely N-dealkylation sites (tertiary alicyclic amines) is 1. The summed E-state index contributed by atoms with van der Waals surface area (Å²) in [6, 6.07) is 3.85. The van der Waals surface area contributed by atoms with Gasteiger partial charge in [-0.3, -0.25) is 4.79 Å². The van der Waals surface area contributed by atoms with Crippen LogP contribution in [0.2, 0.25) is 0 Å². The van der Waals surface area contributed by atoms with Gasteiger partial charge in [-0.15, -0.1) is 0 Å². The molecule has 1 atom stereocenters. The van der Waals surface area contributed by atoms with E-state index in [1.807, 2.05) is 41.6 Å². The van der Waals surface area contributed by atoms with Crippen LogP contribution < -0.4 is 4.74 Å². The van der Waals surface area contributed by atoms with Crippen molar-refractivity contribution in [2.24, 2.45) is 0 Å². The summed E-state index contributed by atoms with van der Waals surface area (Å²) in [5, 5.41) is 4.03. The first-order valence-corrected chi connectivity index (χ1v) is 8.82. The maximum absolute atomic E-state index is 12.4. The van der Waals surface area contributed by atoms with Gasteiger partial charge in [-0.05, 0) is 49.1 Å². The fourth-order valence-electron chi connectivity index (χ4n) is 2.85. The molecule has 3 rings (SSSR count). The maximum atomic E-state index is 12.4. The van der Waals surface area contributed by atoms with Gasteiger partial charge in [-0.1, -0.05) is 0 Å². The zero-order valence-corrected chi connectivity index (χ0v) is 14.3. The van der Waals surface area contributed by atoms with E-state index in [1.54, 1.807) is 11.3 Å². The van der Waals surface area contributed by atoms with Crippen molar-refractivity contribution in [1.82, 2.24) is 14.9 Å². The van der Waals surface area contributed by atoms with Crippen LogP contribution in [0.1, 0.15) is 29.9 Å². The van der Waals surface area contributed by atoms with Crippen LogP contribution in [0.4, 0.5) is 0 Å². The van der Waals surface area contributed by atoms with Gasteiger partial charge in [0.2, 0.25) is 11.8 Å². The first-order chi connectivity index (χ1) is 11.1. The number of hydrogen-bond acceptors (Lipinski definition) is 5. The number of amides is 1. The van der Waals surface area contributed by atoms with Gasteiger partial charge in [-0.2, -0.15) is 16.3 Å². The highest BCUT2D eigenvalue weighted by atomic mass is 32.1. The molecule has 0 aromatic carbocycles. The van der Waals surface area contributed by atoms with E-state index >= 15 is 0 Å². The van der Waals surface area contributed by atoms with Crippen molar-refractivity contribution >= 4 is 17.2 Å². The molecule has 3 heterocycles. The lowest BCUT2D eigenvalue weighted by Gasteiger charge is -2.32. The van der Waals surface area contributed by atoms with Crippen LogP contribution in [0.25, 0.3) is 0 Å². The van der Waals surface area contributed by atoms with Gasteiger partial charge < -0.3 is 9.64 Å². The summed E-state index contributed by atoms with van der Waals surface area (Å²) in [7, 11) is 0. The quantitative estimate of drug-likeness (QED) is 0.864. The standard InChI is InChI=1S/C17H21N3O2S/c1-12-8-16(19-13(2)18-12)22-15-4-3-6-20(10-15)17(21)9-14-5-7-23-11-14/h5,7-8,11,15H,3-4,6,9-10H2,1-2H3. The number of piperidine rings is 1. The first-order valence-electron chi connectivity index (χ1n) is 7.88. The Morgan fingerprint density at radius 1 is 1.43 bits per heavy atom. The largest absolute Gasteiger partial charge is 0.472 e. The number of ether oxygens (including phenoxy) is 1.